The van der Waals surface area contributed by atoms with Crippen molar-refractivity contribution in [2.75, 3.05) is 45.9 Å². The number of benzene rings is 2. The lowest BCUT2D eigenvalue weighted by Gasteiger charge is -2.41. The van der Waals surface area contributed by atoms with E-state index in [1.165, 1.54) is 4.90 Å². The summed E-state index contributed by atoms with van der Waals surface area (Å²) in [6.07, 6.45) is -9.69. The van der Waals surface area contributed by atoms with Gasteiger partial charge in [-0.2, -0.15) is 26.3 Å². The minimum atomic E-state index is -5.04. The minimum Gasteiger partial charge on any atom is -0.377 e. The minimum absolute atomic E-state index is 0.0339. The number of hydrogen-bond donors (Lipinski definition) is 1. The third kappa shape index (κ3) is 7.56. The molecule has 2 aliphatic rings. The number of rotatable bonds is 4. The van der Waals surface area contributed by atoms with Gasteiger partial charge in [-0.05, 0) is 55.2 Å². The Balaban J connectivity index is 1.60. The van der Waals surface area contributed by atoms with Crippen molar-refractivity contribution in [2.45, 2.75) is 44.7 Å². The fraction of sp³-hybridized carbons (Fsp3) is 0.483. The van der Waals surface area contributed by atoms with Crippen molar-refractivity contribution in [2.24, 2.45) is 0 Å². The number of amides is 1. The lowest BCUT2D eigenvalue weighted by molar-refractivity contribution is -0.143. The molecule has 4 rings (SSSR count). The Hall–Kier alpha value is -3.07. The molecule has 40 heavy (non-hydrogen) atoms. The van der Waals surface area contributed by atoms with E-state index in [0.29, 0.717) is 57.9 Å². The monoisotopic (exact) mass is 567 g/mol. The van der Waals surface area contributed by atoms with Crippen LogP contribution in [0.1, 0.15) is 38.2 Å². The molecule has 0 radical (unpaired) electrons. The molecule has 0 saturated carbocycles. The first kappa shape index (κ1) is 29.9. The number of nitrogens with zero attached hydrogens (tertiary/aromatic N) is 2. The molecule has 5 nitrogen and oxygen atoms in total. The highest BCUT2D eigenvalue weighted by Gasteiger charge is 2.39. The van der Waals surface area contributed by atoms with Gasteiger partial charge < -0.3 is 9.64 Å². The van der Waals surface area contributed by atoms with Crippen LogP contribution in [0.15, 0.2) is 36.4 Å². The van der Waals surface area contributed by atoms with Gasteiger partial charge in [0.15, 0.2) is 0 Å². The summed E-state index contributed by atoms with van der Waals surface area (Å²) in [5.41, 5.74) is -0.604. The molecule has 0 spiro atoms. The number of hydrogen-bond acceptors (Lipinski definition) is 4. The van der Waals surface area contributed by atoms with Gasteiger partial charge >= 0.3 is 12.4 Å². The summed E-state index contributed by atoms with van der Waals surface area (Å²) in [7, 11) is 0. The van der Waals surface area contributed by atoms with Gasteiger partial charge in [0.05, 0.1) is 36.9 Å². The first-order valence-electron chi connectivity index (χ1n) is 13.0. The van der Waals surface area contributed by atoms with E-state index in [4.69, 9.17) is 4.74 Å². The number of nitrogens with one attached hydrogen (secondary N) is 1. The average molecular weight is 568 g/mol. The number of morpholine rings is 1. The van der Waals surface area contributed by atoms with Crippen LogP contribution in [-0.4, -0.2) is 73.7 Å². The number of aryl methyl sites for hydroxylation is 2. The van der Waals surface area contributed by atoms with E-state index in [-0.39, 0.29) is 18.7 Å². The van der Waals surface area contributed by atoms with Crippen LogP contribution < -0.4 is 5.32 Å². The van der Waals surface area contributed by atoms with Gasteiger partial charge in [0, 0.05) is 37.8 Å². The maximum absolute atomic E-state index is 13.5. The Labute approximate surface area is 229 Å². The van der Waals surface area contributed by atoms with E-state index >= 15 is 0 Å². The summed E-state index contributed by atoms with van der Waals surface area (Å²) < 4.78 is 86.1. The zero-order chi connectivity index (χ0) is 29.1. The van der Waals surface area contributed by atoms with Crippen molar-refractivity contribution in [3.63, 3.8) is 0 Å². The SMILES string of the molecule is Cc1ccc(C[C@@H]2CN(CC#C[C@@H]3COCCN3)CCN2C(=O)c2cc(C(F)(F)F)cc(C(F)(F)F)c2)cc1C. The summed E-state index contributed by atoms with van der Waals surface area (Å²) >= 11 is 0. The normalized spacial score (nSPS) is 20.6. The molecular weight excluding hydrogens is 536 g/mol. The van der Waals surface area contributed by atoms with Crippen LogP contribution in [0.4, 0.5) is 26.3 Å². The summed E-state index contributed by atoms with van der Waals surface area (Å²) in [6.45, 7) is 7.04. The van der Waals surface area contributed by atoms with Crippen molar-refractivity contribution in [1.82, 2.24) is 15.1 Å². The largest absolute Gasteiger partial charge is 0.416 e. The van der Waals surface area contributed by atoms with Crippen LogP contribution in [0.3, 0.4) is 0 Å². The zero-order valence-electron chi connectivity index (χ0n) is 22.3. The summed E-state index contributed by atoms with van der Waals surface area (Å²) in [5.74, 6) is 5.39. The highest BCUT2D eigenvalue weighted by Crippen LogP contribution is 2.37. The Morgan fingerprint density at radius 3 is 2.30 bits per heavy atom. The van der Waals surface area contributed by atoms with E-state index in [0.717, 1.165) is 16.7 Å². The standard InChI is InChI=1S/C29H31F6N3O2/c1-19-5-6-21(12-20(19)2)13-26-17-37(8-3-4-25-18-40-11-7-36-25)9-10-38(26)27(39)22-14-23(28(30,31)32)16-24(15-22)29(33,34)35/h5-6,12,14-16,25-26,36H,7-11,13,17-18H2,1-2H3/t25-,26-/m1/s1. The quantitative estimate of drug-likeness (QED) is 0.430. The highest BCUT2D eigenvalue weighted by molar-refractivity contribution is 5.95. The van der Waals surface area contributed by atoms with Crippen LogP contribution in [0.2, 0.25) is 0 Å². The van der Waals surface area contributed by atoms with Crippen molar-refractivity contribution >= 4 is 5.91 Å². The van der Waals surface area contributed by atoms with Gasteiger partial charge in [0.1, 0.15) is 0 Å². The molecule has 0 aromatic heterocycles. The number of alkyl halides is 6. The summed E-state index contributed by atoms with van der Waals surface area (Å²) in [6, 6.07) is 6.33. The van der Waals surface area contributed by atoms with Crippen molar-refractivity contribution in [3.05, 3.63) is 69.8 Å². The van der Waals surface area contributed by atoms with Gasteiger partial charge in [-0.15, -0.1) is 0 Å². The van der Waals surface area contributed by atoms with Crippen LogP contribution in [-0.2, 0) is 23.5 Å². The number of piperazine rings is 1. The molecular formula is C29H31F6N3O2. The second-order valence-corrected chi connectivity index (χ2v) is 10.2. The lowest BCUT2D eigenvalue weighted by atomic mass is 9.97. The van der Waals surface area contributed by atoms with Crippen LogP contribution in [0, 0.1) is 25.7 Å². The van der Waals surface area contributed by atoms with Crippen molar-refractivity contribution < 1.29 is 35.9 Å². The van der Waals surface area contributed by atoms with Crippen molar-refractivity contribution in [1.29, 1.82) is 0 Å². The number of carbonyl (C=O) groups excluding carboxylic acids is 1. The number of ether oxygens (including phenoxy) is 1. The molecule has 2 saturated heterocycles. The fourth-order valence-electron chi connectivity index (χ4n) is 4.89. The first-order valence-corrected chi connectivity index (χ1v) is 13.0. The molecule has 11 heteroatoms. The topological polar surface area (TPSA) is 44.8 Å². The Bertz CT molecular complexity index is 1240. The van der Waals surface area contributed by atoms with E-state index in [2.05, 4.69) is 17.2 Å². The molecule has 1 N–H and O–H groups in total. The predicted molar refractivity (Wildman–Crippen MR) is 138 cm³/mol. The van der Waals surface area contributed by atoms with Crippen LogP contribution in [0.5, 0.6) is 0 Å². The van der Waals surface area contributed by atoms with Gasteiger partial charge in [-0.1, -0.05) is 30.0 Å². The molecule has 2 fully saturated rings. The first-order chi connectivity index (χ1) is 18.8. The molecule has 0 unspecified atom stereocenters. The molecule has 0 aliphatic carbocycles. The number of halogens is 6. The van der Waals surface area contributed by atoms with E-state index in [9.17, 15) is 31.1 Å². The molecule has 2 aromatic carbocycles. The Morgan fingerprint density at radius 1 is 1.00 bits per heavy atom. The molecule has 1 amide bonds. The maximum Gasteiger partial charge on any atom is 0.416 e. The number of carbonyl (C=O) groups is 1. The van der Waals surface area contributed by atoms with Gasteiger partial charge in [-0.25, -0.2) is 0 Å². The van der Waals surface area contributed by atoms with Gasteiger partial charge in [0.25, 0.3) is 5.91 Å². The maximum atomic E-state index is 13.5. The molecule has 0 bridgehead atoms. The summed E-state index contributed by atoms with van der Waals surface area (Å²) in [5, 5.41) is 3.25. The van der Waals surface area contributed by atoms with Crippen LogP contribution in [0.25, 0.3) is 0 Å². The second-order valence-electron chi connectivity index (χ2n) is 10.2. The van der Waals surface area contributed by atoms with Crippen LogP contribution >= 0.6 is 0 Å². The smallest absolute Gasteiger partial charge is 0.377 e. The molecule has 2 heterocycles. The molecule has 2 aliphatic heterocycles. The Kier molecular flexibility index (Phi) is 9.12. The van der Waals surface area contributed by atoms with Gasteiger partial charge in [0.2, 0.25) is 0 Å². The van der Waals surface area contributed by atoms with Crippen molar-refractivity contribution in [3.8, 4) is 11.8 Å². The predicted octanol–water partition coefficient (Wildman–Crippen LogP) is 4.70. The third-order valence-corrected chi connectivity index (χ3v) is 7.21. The second kappa shape index (κ2) is 12.2. The Morgan fingerprint density at radius 2 is 1.70 bits per heavy atom. The van der Waals surface area contributed by atoms with E-state index in [1.807, 2.05) is 36.9 Å². The molecule has 216 valence electrons. The lowest BCUT2D eigenvalue weighted by Crippen LogP contribution is -2.56. The van der Waals surface area contributed by atoms with Gasteiger partial charge in [-0.3, -0.25) is 15.0 Å². The van der Waals surface area contributed by atoms with E-state index in [1.54, 1.807) is 0 Å². The zero-order valence-corrected chi connectivity index (χ0v) is 22.3. The molecule has 2 atom stereocenters. The highest BCUT2D eigenvalue weighted by atomic mass is 19.4. The van der Waals surface area contributed by atoms with E-state index < -0.39 is 41.0 Å². The third-order valence-electron chi connectivity index (χ3n) is 7.21. The molecule has 2 aromatic rings. The summed E-state index contributed by atoms with van der Waals surface area (Å²) in [4.78, 5) is 17.0. The fourth-order valence-corrected chi connectivity index (χ4v) is 4.89. The average Bonchev–Trinajstić information content (AvgIpc) is 2.90.